The summed E-state index contributed by atoms with van der Waals surface area (Å²) >= 11 is 0. The lowest BCUT2D eigenvalue weighted by molar-refractivity contribution is -0.116. The van der Waals surface area contributed by atoms with Crippen molar-refractivity contribution in [2.24, 2.45) is 7.05 Å². The summed E-state index contributed by atoms with van der Waals surface area (Å²) in [5, 5.41) is 9.97. The van der Waals surface area contributed by atoms with Crippen molar-refractivity contribution in [3.63, 3.8) is 0 Å². The molecule has 1 atom stereocenters. The molecule has 144 valence electrons. The molecule has 3 rings (SSSR count). The second-order valence-corrected chi connectivity index (χ2v) is 6.68. The van der Waals surface area contributed by atoms with Gasteiger partial charge in [0.15, 0.2) is 5.69 Å². The molecule has 2 N–H and O–H groups in total. The van der Waals surface area contributed by atoms with Crippen molar-refractivity contribution < 1.29 is 9.59 Å². The van der Waals surface area contributed by atoms with E-state index in [4.69, 9.17) is 0 Å². The summed E-state index contributed by atoms with van der Waals surface area (Å²) in [5.74, 6) is 0.101. The largest absolute Gasteiger partial charge is 0.344 e. The first-order valence-corrected chi connectivity index (χ1v) is 9.26. The fourth-order valence-electron chi connectivity index (χ4n) is 2.90. The van der Waals surface area contributed by atoms with Crippen LogP contribution in [0.5, 0.6) is 0 Å². The quantitative estimate of drug-likeness (QED) is 0.663. The summed E-state index contributed by atoms with van der Waals surface area (Å²) in [6, 6.07) is 21.0. The van der Waals surface area contributed by atoms with Crippen molar-refractivity contribution in [1.29, 1.82) is 0 Å². The molecule has 0 saturated carbocycles. The average Bonchev–Trinajstić information content (AvgIpc) is 3.08. The van der Waals surface area contributed by atoms with Gasteiger partial charge in [0.2, 0.25) is 5.91 Å². The molecule has 0 fully saturated rings. The molecular formula is C22H24N4O2. The summed E-state index contributed by atoms with van der Waals surface area (Å²) in [4.78, 5) is 24.7. The molecular weight excluding hydrogens is 352 g/mol. The summed E-state index contributed by atoms with van der Waals surface area (Å²) in [5.41, 5.74) is 2.39. The minimum absolute atomic E-state index is 0.114. The van der Waals surface area contributed by atoms with Crippen LogP contribution in [0, 0.1) is 0 Å². The van der Waals surface area contributed by atoms with Gasteiger partial charge in [-0.2, -0.15) is 5.10 Å². The second kappa shape index (κ2) is 8.99. The molecule has 0 spiro atoms. The number of carbonyl (C=O) groups is 2. The molecule has 0 aliphatic rings. The Kier molecular flexibility index (Phi) is 6.22. The van der Waals surface area contributed by atoms with Crippen LogP contribution < -0.4 is 10.6 Å². The van der Waals surface area contributed by atoms with Crippen molar-refractivity contribution in [3.8, 4) is 0 Å². The zero-order chi connectivity index (χ0) is 19.9. The van der Waals surface area contributed by atoms with Gasteiger partial charge in [0.25, 0.3) is 5.91 Å². The third-order valence-electron chi connectivity index (χ3n) is 4.51. The second-order valence-electron chi connectivity index (χ2n) is 6.68. The minimum atomic E-state index is -0.281. The lowest BCUT2D eigenvalue weighted by Gasteiger charge is -2.12. The molecule has 3 aromatic rings. The van der Waals surface area contributed by atoms with Crippen LogP contribution in [-0.4, -0.2) is 21.6 Å². The Bertz CT molecular complexity index is 936. The number of aromatic nitrogens is 2. The standard InChI is InChI=1S/C22H24N4O2/c1-16(18-11-7-4-8-12-18)23-22(28)19-15-20(26(2)25-19)24-21(27)14-13-17-9-5-3-6-10-17/h3-12,15-16H,13-14H2,1-2H3,(H,23,28)(H,24,27). The molecule has 1 heterocycles. The monoisotopic (exact) mass is 376 g/mol. The molecule has 6 nitrogen and oxygen atoms in total. The number of hydrogen-bond acceptors (Lipinski definition) is 3. The van der Waals surface area contributed by atoms with E-state index in [1.807, 2.05) is 67.6 Å². The van der Waals surface area contributed by atoms with Crippen LogP contribution in [0.4, 0.5) is 5.82 Å². The molecule has 28 heavy (non-hydrogen) atoms. The number of hydrogen-bond donors (Lipinski definition) is 2. The molecule has 0 saturated heterocycles. The first-order valence-electron chi connectivity index (χ1n) is 9.26. The van der Waals surface area contributed by atoms with Crippen LogP contribution in [0.15, 0.2) is 66.7 Å². The predicted octanol–water partition coefficient (Wildman–Crippen LogP) is 3.48. The van der Waals surface area contributed by atoms with Crippen molar-refractivity contribution in [3.05, 3.63) is 83.6 Å². The number of rotatable bonds is 7. The highest BCUT2D eigenvalue weighted by Crippen LogP contribution is 2.14. The van der Waals surface area contributed by atoms with Crippen molar-refractivity contribution in [1.82, 2.24) is 15.1 Å². The maximum Gasteiger partial charge on any atom is 0.272 e. The Morgan fingerprint density at radius 3 is 2.36 bits per heavy atom. The molecule has 1 aromatic heterocycles. The fraction of sp³-hybridized carbons (Fsp3) is 0.227. The average molecular weight is 376 g/mol. The molecule has 2 amide bonds. The first kappa shape index (κ1) is 19.4. The number of carbonyl (C=O) groups excluding carboxylic acids is 2. The molecule has 1 unspecified atom stereocenters. The van der Waals surface area contributed by atoms with Gasteiger partial charge in [-0.3, -0.25) is 14.3 Å². The molecule has 2 aromatic carbocycles. The van der Waals surface area contributed by atoms with E-state index < -0.39 is 0 Å². The number of amides is 2. The summed E-state index contributed by atoms with van der Waals surface area (Å²) in [6.07, 6.45) is 1.02. The third-order valence-corrected chi connectivity index (χ3v) is 4.51. The number of anilines is 1. The SMILES string of the molecule is CC(NC(=O)c1cc(NC(=O)CCc2ccccc2)n(C)n1)c1ccccc1. The van der Waals surface area contributed by atoms with E-state index in [-0.39, 0.29) is 23.6 Å². The van der Waals surface area contributed by atoms with Gasteiger partial charge in [0.05, 0.1) is 6.04 Å². The van der Waals surface area contributed by atoms with Gasteiger partial charge in [0, 0.05) is 19.5 Å². The number of benzene rings is 2. The summed E-state index contributed by atoms with van der Waals surface area (Å²) < 4.78 is 1.50. The Hall–Kier alpha value is -3.41. The van der Waals surface area contributed by atoms with E-state index >= 15 is 0 Å². The summed E-state index contributed by atoms with van der Waals surface area (Å²) in [7, 11) is 1.70. The molecule has 0 aliphatic heterocycles. The van der Waals surface area contributed by atoms with Gasteiger partial charge in [0.1, 0.15) is 5.82 Å². The van der Waals surface area contributed by atoms with E-state index in [1.54, 1.807) is 13.1 Å². The van der Waals surface area contributed by atoms with E-state index in [2.05, 4.69) is 15.7 Å². The van der Waals surface area contributed by atoms with Gasteiger partial charge in [-0.1, -0.05) is 60.7 Å². The maximum atomic E-state index is 12.5. The zero-order valence-corrected chi connectivity index (χ0v) is 16.1. The van der Waals surface area contributed by atoms with Crippen LogP contribution in [0.3, 0.4) is 0 Å². The number of nitrogens with one attached hydrogen (secondary N) is 2. The highest BCUT2D eigenvalue weighted by molar-refractivity contribution is 5.95. The third kappa shape index (κ3) is 5.07. The highest BCUT2D eigenvalue weighted by Gasteiger charge is 2.17. The van der Waals surface area contributed by atoms with Crippen molar-refractivity contribution >= 4 is 17.6 Å². The first-order chi connectivity index (χ1) is 13.5. The highest BCUT2D eigenvalue weighted by atomic mass is 16.2. The van der Waals surface area contributed by atoms with Crippen LogP contribution in [-0.2, 0) is 18.3 Å². The van der Waals surface area contributed by atoms with Crippen molar-refractivity contribution in [2.75, 3.05) is 5.32 Å². The van der Waals surface area contributed by atoms with Gasteiger partial charge >= 0.3 is 0 Å². The van der Waals surface area contributed by atoms with E-state index in [1.165, 1.54) is 4.68 Å². The lowest BCUT2D eigenvalue weighted by Crippen LogP contribution is -2.27. The molecule has 0 bridgehead atoms. The van der Waals surface area contributed by atoms with Crippen LogP contribution >= 0.6 is 0 Å². The zero-order valence-electron chi connectivity index (χ0n) is 16.1. The molecule has 6 heteroatoms. The topological polar surface area (TPSA) is 76.0 Å². The molecule has 0 aliphatic carbocycles. The van der Waals surface area contributed by atoms with Gasteiger partial charge < -0.3 is 10.6 Å². The fourth-order valence-corrected chi connectivity index (χ4v) is 2.90. The Balaban J connectivity index is 1.57. The van der Waals surface area contributed by atoms with Crippen LogP contribution in [0.2, 0.25) is 0 Å². The number of nitrogens with zero attached hydrogens (tertiary/aromatic N) is 2. The van der Waals surface area contributed by atoms with Gasteiger partial charge in [-0.25, -0.2) is 0 Å². The normalized spacial score (nSPS) is 11.6. The van der Waals surface area contributed by atoms with E-state index in [0.717, 1.165) is 11.1 Å². The van der Waals surface area contributed by atoms with Crippen LogP contribution in [0.1, 0.15) is 41.0 Å². The number of aryl methyl sites for hydroxylation is 2. The Morgan fingerprint density at radius 2 is 1.68 bits per heavy atom. The summed E-state index contributed by atoms with van der Waals surface area (Å²) in [6.45, 7) is 1.92. The minimum Gasteiger partial charge on any atom is -0.344 e. The predicted molar refractivity (Wildman–Crippen MR) is 109 cm³/mol. The van der Waals surface area contributed by atoms with Gasteiger partial charge in [-0.05, 0) is 24.5 Å². The van der Waals surface area contributed by atoms with E-state index in [9.17, 15) is 9.59 Å². The Morgan fingerprint density at radius 1 is 1.04 bits per heavy atom. The maximum absolute atomic E-state index is 12.5. The lowest BCUT2D eigenvalue weighted by atomic mass is 10.1. The smallest absolute Gasteiger partial charge is 0.272 e. The van der Waals surface area contributed by atoms with E-state index in [0.29, 0.717) is 18.7 Å². The molecule has 0 radical (unpaired) electrons. The van der Waals surface area contributed by atoms with Gasteiger partial charge in [-0.15, -0.1) is 0 Å². The van der Waals surface area contributed by atoms with Crippen molar-refractivity contribution in [2.45, 2.75) is 25.8 Å². The Labute approximate surface area is 164 Å². The van der Waals surface area contributed by atoms with Crippen LogP contribution in [0.25, 0.3) is 0 Å².